The molecule has 1 unspecified atom stereocenters. The summed E-state index contributed by atoms with van der Waals surface area (Å²) < 4.78 is 6.62. The van der Waals surface area contributed by atoms with E-state index in [9.17, 15) is 9.59 Å². The van der Waals surface area contributed by atoms with E-state index in [0.29, 0.717) is 31.8 Å². The van der Waals surface area contributed by atoms with E-state index >= 15 is 0 Å². The SMILES string of the molecule is O=C(CN(CC1CCCO1)C(=O)c1cccc(Br)c1)N(Cc1ccccc1)Cc1cccs1. The van der Waals surface area contributed by atoms with E-state index in [4.69, 9.17) is 4.74 Å². The van der Waals surface area contributed by atoms with Crippen molar-refractivity contribution < 1.29 is 14.3 Å². The third-order valence-corrected chi connectivity index (χ3v) is 6.98. The summed E-state index contributed by atoms with van der Waals surface area (Å²) in [5.74, 6) is -0.232. The molecule has 0 bridgehead atoms. The minimum atomic E-state index is -0.157. The van der Waals surface area contributed by atoms with E-state index in [0.717, 1.165) is 27.8 Å². The molecule has 2 amide bonds. The number of ether oxygens (including phenoxy) is 1. The van der Waals surface area contributed by atoms with Crippen molar-refractivity contribution in [2.75, 3.05) is 19.7 Å². The first-order valence-corrected chi connectivity index (χ1v) is 12.8. The van der Waals surface area contributed by atoms with E-state index in [2.05, 4.69) is 15.9 Å². The molecule has 5 nitrogen and oxygen atoms in total. The van der Waals surface area contributed by atoms with Gasteiger partial charge in [0.05, 0.1) is 12.6 Å². The highest BCUT2D eigenvalue weighted by Crippen LogP contribution is 2.19. The van der Waals surface area contributed by atoms with Gasteiger partial charge in [-0.05, 0) is 48.1 Å². The van der Waals surface area contributed by atoms with Gasteiger partial charge in [0, 0.05) is 34.6 Å². The van der Waals surface area contributed by atoms with Crippen LogP contribution < -0.4 is 0 Å². The van der Waals surface area contributed by atoms with Crippen LogP contribution in [0.2, 0.25) is 0 Å². The summed E-state index contributed by atoms with van der Waals surface area (Å²) in [4.78, 5) is 31.5. The van der Waals surface area contributed by atoms with E-state index in [1.807, 2.05) is 64.9 Å². The third-order valence-electron chi connectivity index (χ3n) is 5.63. The van der Waals surface area contributed by atoms with Gasteiger partial charge in [0.2, 0.25) is 5.91 Å². The van der Waals surface area contributed by atoms with Crippen LogP contribution in [0.15, 0.2) is 76.6 Å². The molecule has 2 heterocycles. The quantitative estimate of drug-likeness (QED) is 0.377. The van der Waals surface area contributed by atoms with Gasteiger partial charge in [-0.1, -0.05) is 58.4 Å². The molecular weight excluding hydrogens is 500 g/mol. The maximum absolute atomic E-state index is 13.5. The molecule has 7 heteroatoms. The highest BCUT2D eigenvalue weighted by Gasteiger charge is 2.27. The molecule has 1 aliphatic heterocycles. The van der Waals surface area contributed by atoms with Gasteiger partial charge in [0.1, 0.15) is 6.54 Å². The summed E-state index contributed by atoms with van der Waals surface area (Å²) in [5.41, 5.74) is 1.62. The van der Waals surface area contributed by atoms with Crippen LogP contribution in [-0.2, 0) is 22.6 Å². The summed E-state index contributed by atoms with van der Waals surface area (Å²) in [5, 5.41) is 2.01. The minimum absolute atomic E-state index is 0.0173. The standard InChI is InChI=1S/C26H27BrN2O3S/c27-22-10-4-9-21(15-22)26(31)29(17-23-11-5-13-32-23)19-25(30)28(18-24-12-6-14-33-24)16-20-7-2-1-3-8-20/h1-4,6-10,12,14-15,23H,5,11,13,16-19H2. The van der Waals surface area contributed by atoms with Crippen molar-refractivity contribution in [3.63, 3.8) is 0 Å². The topological polar surface area (TPSA) is 49.9 Å². The van der Waals surface area contributed by atoms with Crippen LogP contribution in [0.1, 0.15) is 33.6 Å². The zero-order valence-electron chi connectivity index (χ0n) is 18.4. The average molecular weight is 527 g/mol. The molecule has 0 spiro atoms. The maximum Gasteiger partial charge on any atom is 0.254 e. The molecule has 172 valence electrons. The lowest BCUT2D eigenvalue weighted by Crippen LogP contribution is -2.45. The number of hydrogen-bond acceptors (Lipinski definition) is 4. The monoisotopic (exact) mass is 526 g/mol. The Labute approximate surface area is 207 Å². The Morgan fingerprint density at radius 1 is 1.00 bits per heavy atom. The largest absolute Gasteiger partial charge is 0.376 e. The van der Waals surface area contributed by atoms with E-state index in [1.54, 1.807) is 28.4 Å². The number of nitrogens with zero attached hydrogens (tertiary/aromatic N) is 2. The first-order valence-electron chi connectivity index (χ1n) is 11.1. The fraction of sp³-hybridized carbons (Fsp3) is 0.308. The smallest absolute Gasteiger partial charge is 0.254 e. The molecule has 1 aliphatic rings. The van der Waals surface area contributed by atoms with Crippen LogP contribution in [0.25, 0.3) is 0 Å². The van der Waals surface area contributed by atoms with Crippen molar-refractivity contribution in [1.29, 1.82) is 0 Å². The molecular formula is C26H27BrN2O3S. The molecule has 0 saturated carbocycles. The molecule has 2 aromatic carbocycles. The lowest BCUT2D eigenvalue weighted by atomic mass is 10.1. The van der Waals surface area contributed by atoms with Gasteiger partial charge in [0.25, 0.3) is 5.91 Å². The molecule has 0 radical (unpaired) electrons. The van der Waals surface area contributed by atoms with Crippen molar-refractivity contribution in [2.45, 2.75) is 32.0 Å². The Balaban J connectivity index is 1.54. The molecule has 1 fully saturated rings. The van der Waals surface area contributed by atoms with Crippen molar-refractivity contribution in [3.8, 4) is 0 Å². The van der Waals surface area contributed by atoms with Crippen LogP contribution in [0.3, 0.4) is 0 Å². The second-order valence-electron chi connectivity index (χ2n) is 8.15. The van der Waals surface area contributed by atoms with Gasteiger partial charge in [0.15, 0.2) is 0 Å². The molecule has 0 N–H and O–H groups in total. The van der Waals surface area contributed by atoms with E-state index < -0.39 is 0 Å². The maximum atomic E-state index is 13.5. The zero-order valence-corrected chi connectivity index (χ0v) is 20.8. The summed E-state index contributed by atoms with van der Waals surface area (Å²) in [6.45, 7) is 2.15. The number of carbonyl (C=O) groups is 2. The van der Waals surface area contributed by atoms with Gasteiger partial charge in [-0.3, -0.25) is 9.59 Å². The predicted octanol–water partition coefficient (Wildman–Crippen LogP) is 5.36. The number of benzene rings is 2. The van der Waals surface area contributed by atoms with Crippen molar-refractivity contribution in [2.24, 2.45) is 0 Å². The number of hydrogen-bond donors (Lipinski definition) is 0. The first-order chi connectivity index (χ1) is 16.1. The number of carbonyl (C=O) groups excluding carboxylic acids is 2. The lowest BCUT2D eigenvalue weighted by Gasteiger charge is -2.29. The van der Waals surface area contributed by atoms with Crippen molar-refractivity contribution in [3.05, 3.63) is 92.6 Å². The van der Waals surface area contributed by atoms with Crippen LogP contribution >= 0.6 is 27.3 Å². The van der Waals surface area contributed by atoms with Crippen LogP contribution in [0.5, 0.6) is 0 Å². The zero-order chi connectivity index (χ0) is 23.0. The number of amides is 2. The predicted molar refractivity (Wildman–Crippen MR) is 134 cm³/mol. The van der Waals surface area contributed by atoms with Gasteiger partial charge < -0.3 is 14.5 Å². The number of rotatable bonds is 9. The normalized spacial score (nSPS) is 15.4. The molecule has 3 aromatic rings. The highest BCUT2D eigenvalue weighted by molar-refractivity contribution is 9.10. The Kier molecular flexibility index (Phi) is 8.31. The van der Waals surface area contributed by atoms with Gasteiger partial charge in [-0.25, -0.2) is 0 Å². The molecule has 4 rings (SSSR count). The first kappa shape index (κ1) is 23.7. The molecule has 1 atom stereocenters. The van der Waals surface area contributed by atoms with Crippen molar-refractivity contribution >= 4 is 39.1 Å². The van der Waals surface area contributed by atoms with Crippen LogP contribution in [-0.4, -0.2) is 47.4 Å². The summed E-state index contributed by atoms with van der Waals surface area (Å²) in [7, 11) is 0. The fourth-order valence-corrected chi connectivity index (χ4v) is 5.07. The second-order valence-corrected chi connectivity index (χ2v) is 10.1. The summed E-state index contributed by atoms with van der Waals surface area (Å²) >= 11 is 5.07. The Hall–Kier alpha value is -2.48. The second kappa shape index (κ2) is 11.6. The van der Waals surface area contributed by atoms with Gasteiger partial charge in [-0.2, -0.15) is 0 Å². The Bertz CT molecular complexity index is 1050. The summed E-state index contributed by atoms with van der Waals surface area (Å²) in [6.07, 6.45) is 1.85. The van der Waals surface area contributed by atoms with Crippen LogP contribution in [0.4, 0.5) is 0 Å². The Morgan fingerprint density at radius 3 is 2.55 bits per heavy atom. The van der Waals surface area contributed by atoms with Crippen LogP contribution in [0, 0.1) is 0 Å². The van der Waals surface area contributed by atoms with Crippen molar-refractivity contribution in [1.82, 2.24) is 9.80 Å². The third kappa shape index (κ3) is 6.76. The molecule has 33 heavy (non-hydrogen) atoms. The Morgan fingerprint density at radius 2 is 1.85 bits per heavy atom. The lowest BCUT2D eigenvalue weighted by molar-refractivity contribution is -0.133. The fourth-order valence-electron chi connectivity index (χ4n) is 3.95. The van der Waals surface area contributed by atoms with E-state index in [1.165, 1.54) is 0 Å². The minimum Gasteiger partial charge on any atom is -0.376 e. The molecule has 1 saturated heterocycles. The average Bonchev–Trinajstić information content (AvgIpc) is 3.53. The summed E-state index contributed by atoms with van der Waals surface area (Å²) in [6, 6.07) is 21.3. The van der Waals surface area contributed by atoms with E-state index in [-0.39, 0.29) is 24.5 Å². The number of halogens is 1. The molecule has 1 aromatic heterocycles. The highest BCUT2D eigenvalue weighted by atomic mass is 79.9. The molecule has 0 aliphatic carbocycles. The van der Waals surface area contributed by atoms with Gasteiger partial charge in [-0.15, -0.1) is 11.3 Å². The number of thiophene rings is 1. The van der Waals surface area contributed by atoms with Gasteiger partial charge >= 0.3 is 0 Å².